The molecular weight excluding hydrogens is 228 g/mol. The number of rotatable bonds is 3. The van der Waals surface area contributed by atoms with E-state index in [4.69, 9.17) is 26.8 Å². The fraction of sp³-hybridized carbons (Fsp3) is 0.545. The van der Waals surface area contributed by atoms with Crippen molar-refractivity contribution in [1.82, 2.24) is 4.98 Å². The highest BCUT2D eigenvalue weighted by molar-refractivity contribution is 6.29. The standard InChI is InChI=1S/C11H15ClN2O2/c12-10-5-8(13)6-11(14-10)16-7-9-3-1-2-4-15-9/h5-6,9H,1-4,7H2,(H2,13,14). The first kappa shape index (κ1) is 11.5. The Morgan fingerprint density at radius 1 is 1.50 bits per heavy atom. The van der Waals surface area contributed by atoms with Crippen LogP contribution in [0.5, 0.6) is 5.88 Å². The van der Waals surface area contributed by atoms with Gasteiger partial charge in [0.25, 0.3) is 0 Å². The Morgan fingerprint density at radius 2 is 2.38 bits per heavy atom. The second kappa shape index (κ2) is 5.37. The van der Waals surface area contributed by atoms with E-state index in [0.29, 0.717) is 23.3 Å². The Bertz CT molecular complexity index is 334. The van der Waals surface area contributed by atoms with Gasteiger partial charge in [0.15, 0.2) is 0 Å². The molecule has 2 rings (SSSR count). The fourth-order valence-corrected chi connectivity index (χ4v) is 1.89. The van der Waals surface area contributed by atoms with Crippen molar-refractivity contribution in [3.8, 4) is 5.88 Å². The Hall–Kier alpha value is -1.00. The van der Waals surface area contributed by atoms with Crippen LogP contribution in [0.1, 0.15) is 19.3 Å². The summed E-state index contributed by atoms with van der Waals surface area (Å²) < 4.78 is 11.0. The average molecular weight is 243 g/mol. The van der Waals surface area contributed by atoms with E-state index < -0.39 is 0 Å². The summed E-state index contributed by atoms with van der Waals surface area (Å²) in [4.78, 5) is 4.03. The number of pyridine rings is 1. The van der Waals surface area contributed by atoms with Crippen molar-refractivity contribution < 1.29 is 9.47 Å². The van der Waals surface area contributed by atoms with Crippen LogP contribution in [0, 0.1) is 0 Å². The third kappa shape index (κ3) is 3.25. The lowest BCUT2D eigenvalue weighted by molar-refractivity contribution is -0.0119. The first-order valence-corrected chi connectivity index (χ1v) is 5.79. The van der Waals surface area contributed by atoms with Crippen LogP contribution in [-0.4, -0.2) is 24.3 Å². The number of nitrogens with two attached hydrogens (primary N) is 1. The van der Waals surface area contributed by atoms with E-state index in [9.17, 15) is 0 Å². The minimum Gasteiger partial charge on any atom is -0.475 e. The third-order valence-electron chi connectivity index (χ3n) is 2.48. The predicted octanol–water partition coefficient (Wildman–Crippen LogP) is 2.27. The van der Waals surface area contributed by atoms with E-state index in [1.165, 1.54) is 6.42 Å². The van der Waals surface area contributed by atoms with Crippen molar-refractivity contribution in [1.29, 1.82) is 0 Å². The van der Waals surface area contributed by atoms with Gasteiger partial charge in [-0.05, 0) is 25.3 Å². The molecule has 5 heteroatoms. The van der Waals surface area contributed by atoms with Crippen LogP contribution in [0.4, 0.5) is 5.69 Å². The maximum atomic E-state index is 5.77. The van der Waals surface area contributed by atoms with Gasteiger partial charge in [0, 0.05) is 18.4 Å². The number of hydrogen-bond donors (Lipinski definition) is 1. The molecule has 0 aromatic carbocycles. The van der Waals surface area contributed by atoms with Crippen molar-refractivity contribution >= 4 is 17.3 Å². The molecule has 1 fully saturated rings. The summed E-state index contributed by atoms with van der Waals surface area (Å²) in [7, 11) is 0. The molecule has 1 aliphatic heterocycles. The van der Waals surface area contributed by atoms with Gasteiger partial charge in [0.05, 0.1) is 6.10 Å². The molecule has 0 radical (unpaired) electrons. The van der Waals surface area contributed by atoms with Gasteiger partial charge in [-0.2, -0.15) is 0 Å². The highest BCUT2D eigenvalue weighted by atomic mass is 35.5. The molecule has 4 nitrogen and oxygen atoms in total. The third-order valence-corrected chi connectivity index (χ3v) is 2.68. The molecule has 1 aromatic rings. The normalized spacial score (nSPS) is 20.7. The summed E-state index contributed by atoms with van der Waals surface area (Å²) in [6.45, 7) is 1.33. The molecule has 0 bridgehead atoms. The maximum Gasteiger partial charge on any atom is 0.216 e. The first-order chi connectivity index (χ1) is 7.74. The number of ether oxygens (including phenoxy) is 2. The molecule has 1 saturated heterocycles. The largest absolute Gasteiger partial charge is 0.475 e. The molecule has 0 aliphatic carbocycles. The second-order valence-electron chi connectivity index (χ2n) is 3.86. The van der Waals surface area contributed by atoms with Gasteiger partial charge in [-0.15, -0.1) is 0 Å². The van der Waals surface area contributed by atoms with E-state index in [-0.39, 0.29) is 6.10 Å². The lowest BCUT2D eigenvalue weighted by Gasteiger charge is -2.22. The monoisotopic (exact) mass is 242 g/mol. The zero-order chi connectivity index (χ0) is 11.4. The van der Waals surface area contributed by atoms with Crippen LogP contribution in [-0.2, 0) is 4.74 Å². The van der Waals surface area contributed by atoms with Crippen LogP contribution < -0.4 is 10.5 Å². The molecule has 0 spiro atoms. The van der Waals surface area contributed by atoms with Crippen LogP contribution in [0.15, 0.2) is 12.1 Å². The van der Waals surface area contributed by atoms with Gasteiger partial charge in [-0.1, -0.05) is 11.6 Å². The zero-order valence-corrected chi connectivity index (χ0v) is 9.74. The Balaban J connectivity index is 1.88. The quantitative estimate of drug-likeness (QED) is 0.826. The molecule has 1 atom stereocenters. The van der Waals surface area contributed by atoms with Gasteiger partial charge in [0.1, 0.15) is 11.8 Å². The molecule has 1 aromatic heterocycles. The maximum absolute atomic E-state index is 5.77. The Morgan fingerprint density at radius 3 is 3.06 bits per heavy atom. The summed E-state index contributed by atoms with van der Waals surface area (Å²) in [5.41, 5.74) is 6.19. The predicted molar refractivity (Wildman–Crippen MR) is 62.7 cm³/mol. The van der Waals surface area contributed by atoms with Gasteiger partial charge >= 0.3 is 0 Å². The van der Waals surface area contributed by atoms with Gasteiger partial charge in [-0.25, -0.2) is 4.98 Å². The van der Waals surface area contributed by atoms with Crippen LogP contribution >= 0.6 is 11.6 Å². The minimum absolute atomic E-state index is 0.163. The molecule has 0 saturated carbocycles. The number of halogens is 1. The molecule has 0 amide bonds. The van der Waals surface area contributed by atoms with Crippen LogP contribution in [0.3, 0.4) is 0 Å². The van der Waals surface area contributed by atoms with Gasteiger partial charge < -0.3 is 15.2 Å². The lowest BCUT2D eigenvalue weighted by atomic mass is 10.1. The minimum atomic E-state index is 0.163. The van der Waals surface area contributed by atoms with E-state index in [0.717, 1.165) is 19.4 Å². The van der Waals surface area contributed by atoms with E-state index in [1.54, 1.807) is 12.1 Å². The number of aromatic nitrogens is 1. The molecular formula is C11H15ClN2O2. The smallest absolute Gasteiger partial charge is 0.216 e. The highest BCUT2D eigenvalue weighted by Gasteiger charge is 2.14. The van der Waals surface area contributed by atoms with E-state index in [2.05, 4.69) is 4.98 Å². The summed E-state index contributed by atoms with van der Waals surface area (Å²) in [5.74, 6) is 0.458. The first-order valence-electron chi connectivity index (χ1n) is 5.41. The van der Waals surface area contributed by atoms with Gasteiger partial charge in [-0.3, -0.25) is 0 Å². The summed E-state index contributed by atoms with van der Waals surface area (Å²) in [5, 5.41) is 0.347. The number of nitrogens with zero attached hydrogens (tertiary/aromatic N) is 1. The molecule has 1 aliphatic rings. The number of nitrogen functional groups attached to an aromatic ring is 1. The van der Waals surface area contributed by atoms with Crippen molar-refractivity contribution in [3.05, 3.63) is 17.3 Å². The van der Waals surface area contributed by atoms with Crippen molar-refractivity contribution in [2.75, 3.05) is 18.9 Å². The van der Waals surface area contributed by atoms with Crippen molar-refractivity contribution in [3.63, 3.8) is 0 Å². The Kier molecular flexibility index (Phi) is 3.85. The Labute approximate surface area is 99.7 Å². The SMILES string of the molecule is Nc1cc(Cl)nc(OCC2CCCCO2)c1. The fourth-order valence-electron chi connectivity index (χ4n) is 1.68. The summed E-state index contributed by atoms with van der Waals surface area (Å²) in [6.07, 6.45) is 3.53. The summed E-state index contributed by atoms with van der Waals surface area (Å²) >= 11 is 5.77. The lowest BCUT2D eigenvalue weighted by Crippen LogP contribution is -2.26. The number of hydrogen-bond acceptors (Lipinski definition) is 4. The highest BCUT2D eigenvalue weighted by Crippen LogP contribution is 2.19. The molecule has 1 unspecified atom stereocenters. The summed E-state index contributed by atoms with van der Waals surface area (Å²) in [6, 6.07) is 3.25. The van der Waals surface area contributed by atoms with Crippen molar-refractivity contribution in [2.24, 2.45) is 0 Å². The van der Waals surface area contributed by atoms with E-state index >= 15 is 0 Å². The number of anilines is 1. The molecule has 2 heterocycles. The average Bonchev–Trinajstić information content (AvgIpc) is 2.27. The topological polar surface area (TPSA) is 57.4 Å². The zero-order valence-electron chi connectivity index (χ0n) is 8.99. The van der Waals surface area contributed by atoms with Crippen molar-refractivity contribution in [2.45, 2.75) is 25.4 Å². The molecule has 16 heavy (non-hydrogen) atoms. The van der Waals surface area contributed by atoms with Crippen LogP contribution in [0.2, 0.25) is 5.15 Å². The van der Waals surface area contributed by atoms with Gasteiger partial charge in [0.2, 0.25) is 5.88 Å². The molecule has 2 N–H and O–H groups in total. The van der Waals surface area contributed by atoms with E-state index in [1.807, 2.05) is 0 Å². The second-order valence-corrected chi connectivity index (χ2v) is 4.25. The molecule has 88 valence electrons. The van der Waals surface area contributed by atoms with Crippen LogP contribution in [0.25, 0.3) is 0 Å².